The van der Waals surface area contributed by atoms with E-state index in [1.54, 1.807) is 19.1 Å². The van der Waals surface area contributed by atoms with Crippen LogP contribution in [-0.4, -0.2) is 117 Å². The molecule has 8 rings (SSSR count). The van der Waals surface area contributed by atoms with Crippen LogP contribution in [0.5, 0.6) is 11.5 Å². The third-order valence-electron chi connectivity index (χ3n) is 10.6. The number of nitrogens with one attached hydrogen (secondary N) is 2. The number of amides is 2. The Balaban J connectivity index is 1.02. The summed E-state index contributed by atoms with van der Waals surface area (Å²) in [6.07, 6.45) is 4.24. The van der Waals surface area contributed by atoms with Gasteiger partial charge in [-0.05, 0) is 66.1 Å². The molecule has 15 nitrogen and oxygen atoms in total. The minimum Gasteiger partial charge on any atom is -0.497 e. The maximum Gasteiger partial charge on any atom is 0.327 e. The number of rotatable bonds is 14. The van der Waals surface area contributed by atoms with Crippen LogP contribution in [-0.2, 0) is 29.0 Å². The predicted molar refractivity (Wildman–Crippen MR) is 224 cm³/mol. The topological polar surface area (TPSA) is 143 Å². The molecule has 0 aliphatic carbocycles. The minimum absolute atomic E-state index is 0.247. The molecule has 3 aliphatic rings. The van der Waals surface area contributed by atoms with Gasteiger partial charge < -0.3 is 39.4 Å². The Labute approximate surface area is 338 Å². The molecule has 15 heteroatoms. The number of hydrogen-bond donors (Lipinski definition) is 2. The predicted octanol–water partition coefficient (Wildman–Crippen LogP) is 5.33. The van der Waals surface area contributed by atoms with Crippen molar-refractivity contribution in [2.75, 3.05) is 112 Å². The van der Waals surface area contributed by atoms with Crippen molar-refractivity contribution in [3.05, 3.63) is 102 Å². The molecule has 3 aliphatic heterocycles. The number of morpholine rings is 2. The average Bonchev–Trinajstić information content (AvgIpc) is 3.72. The van der Waals surface area contributed by atoms with E-state index in [1.165, 1.54) is 0 Å². The van der Waals surface area contributed by atoms with E-state index in [2.05, 4.69) is 49.6 Å². The van der Waals surface area contributed by atoms with Crippen LogP contribution in [0.2, 0.25) is 0 Å². The number of carbonyl (C=O) groups is 1. The van der Waals surface area contributed by atoms with Gasteiger partial charge in [0, 0.05) is 93.8 Å². The Morgan fingerprint density at radius 1 is 0.741 bits per heavy atom. The molecule has 2 aromatic heterocycles. The second kappa shape index (κ2) is 18.5. The molecule has 0 bridgehead atoms. The number of nitrogens with zero attached hydrogens (tertiary/aromatic N) is 8. The SMILES string of the molecule is COc1ccc(CN(Cc2ccc(OC)cc2)c2ncc(-c3nc(N4CCOCC4)nc4c3CCN4C(=O)Nc3ccc(NCCN4CCOCC4)cc3)cn2)cc1. The standard InChI is InChI=1S/C43H50N10O5/c1-55-36-11-3-31(4-12-36)29-52(30-32-5-13-37(56-2)14-6-32)41-45-27-33(28-46-41)39-38-15-17-53(40(38)49-42(48-39)51-21-25-58-26-22-51)43(54)47-35-9-7-34(8-10-35)44-16-18-50-19-23-57-24-20-50/h3-14,27-28,44H,15-26,29-30H2,1-2H3,(H,47,54). The first-order valence-corrected chi connectivity index (χ1v) is 19.8. The lowest BCUT2D eigenvalue weighted by atomic mass is 10.1. The number of methoxy groups -OCH3 is 2. The molecule has 0 unspecified atom stereocenters. The van der Waals surface area contributed by atoms with Crippen LogP contribution in [0.1, 0.15) is 16.7 Å². The van der Waals surface area contributed by atoms with Crippen molar-refractivity contribution in [1.29, 1.82) is 0 Å². The fourth-order valence-corrected chi connectivity index (χ4v) is 7.34. The van der Waals surface area contributed by atoms with Crippen molar-refractivity contribution in [3.63, 3.8) is 0 Å². The fraction of sp³-hybridized carbons (Fsp3) is 0.372. The number of anilines is 5. The largest absolute Gasteiger partial charge is 0.497 e. The van der Waals surface area contributed by atoms with Crippen LogP contribution in [0.4, 0.5) is 33.9 Å². The van der Waals surface area contributed by atoms with Crippen molar-refractivity contribution in [2.45, 2.75) is 19.5 Å². The van der Waals surface area contributed by atoms with Gasteiger partial charge in [-0.1, -0.05) is 24.3 Å². The molecular formula is C43H50N10O5. The molecule has 302 valence electrons. The van der Waals surface area contributed by atoms with Crippen LogP contribution in [0.15, 0.2) is 85.2 Å². The smallest absolute Gasteiger partial charge is 0.327 e. The fourth-order valence-electron chi connectivity index (χ4n) is 7.34. The maximum atomic E-state index is 13.9. The molecule has 2 amide bonds. The molecule has 3 aromatic carbocycles. The van der Waals surface area contributed by atoms with Gasteiger partial charge in [-0.15, -0.1) is 0 Å². The van der Waals surface area contributed by atoms with Crippen LogP contribution >= 0.6 is 0 Å². The molecule has 5 heterocycles. The highest BCUT2D eigenvalue weighted by Gasteiger charge is 2.32. The summed E-state index contributed by atoms with van der Waals surface area (Å²) in [5.74, 6) is 3.32. The first kappa shape index (κ1) is 38.8. The van der Waals surface area contributed by atoms with Crippen LogP contribution in [0.3, 0.4) is 0 Å². The van der Waals surface area contributed by atoms with E-state index in [0.29, 0.717) is 75.8 Å². The van der Waals surface area contributed by atoms with Crippen LogP contribution in [0, 0.1) is 0 Å². The highest BCUT2D eigenvalue weighted by molar-refractivity contribution is 6.03. The highest BCUT2D eigenvalue weighted by atomic mass is 16.5. The molecule has 2 fully saturated rings. The summed E-state index contributed by atoms with van der Waals surface area (Å²) in [5.41, 5.74) is 6.26. The monoisotopic (exact) mass is 786 g/mol. The molecular weight excluding hydrogens is 737 g/mol. The van der Waals surface area contributed by atoms with E-state index in [4.69, 9.17) is 38.9 Å². The van der Waals surface area contributed by atoms with Crippen molar-refractivity contribution in [1.82, 2.24) is 24.8 Å². The molecule has 2 saturated heterocycles. The zero-order valence-electron chi connectivity index (χ0n) is 33.1. The molecule has 0 radical (unpaired) electrons. The van der Waals surface area contributed by atoms with Gasteiger partial charge in [0.25, 0.3) is 0 Å². The van der Waals surface area contributed by atoms with Crippen molar-refractivity contribution >= 4 is 35.1 Å². The number of ether oxygens (including phenoxy) is 4. The van der Waals surface area contributed by atoms with Gasteiger partial charge in [-0.3, -0.25) is 9.80 Å². The van der Waals surface area contributed by atoms with Crippen LogP contribution in [0.25, 0.3) is 11.3 Å². The number of hydrogen-bond acceptors (Lipinski definition) is 13. The van der Waals surface area contributed by atoms with E-state index in [-0.39, 0.29) is 6.03 Å². The van der Waals surface area contributed by atoms with E-state index in [0.717, 1.165) is 84.5 Å². The van der Waals surface area contributed by atoms with E-state index in [9.17, 15) is 4.79 Å². The maximum absolute atomic E-state index is 13.9. The summed E-state index contributed by atoms with van der Waals surface area (Å²) in [6.45, 7) is 9.38. The van der Waals surface area contributed by atoms with Gasteiger partial charge >= 0.3 is 6.03 Å². The summed E-state index contributed by atoms with van der Waals surface area (Å²) >= 11 is 0. The zero-order chi connectivity index (χ0) is 39.7. The summed E-state index contributed by atoms with van der Waals surface area (Å²) in [5, 5.41) is 6.57. The second-order valence-electron chi connectivity index (χ2n) is 14.4. The first-order valence-electron chi connectivity index (χ1n) is 19.8. The third kappa shape index (κ3) is 9.39. The van der Waals surface area contributed by atoms with E-state index in [1.807, 2.05) is 60.9 Å². The Morgan fingerprint density at radius 2 is 1.33 bits per heavy atom. The van der Waals surface area contributed by atoms with Crippen LogP contribution < -0.4 is 34.8 Å². The quantitative estimate of drug-likeness (QED) is 0.150. The van der Waals surface area contributed by atoms with Gasteiger partial charge in [0.1, 0.15) is 17.3 Å². The van der Waals surface area contributed by atoms with Crippen molar-refractivity contribution in [2.24, 2.45) is 0 Å². The van der Waals surface area contributed by atoms with E-state index >= 15 is 0 Å². The summed E-state index contributed by atoms with van der Waals surface area (Å²) in [7, 11) is 3.33. The lowest BCUT2D eigenvalue weighted by Crippen LogP contribution is -2.39. The molecule has 5 aromatic rings. The number of urea groups is 1. The Bertz CT molecular complexity index is 2060. The molecule has 0 spiro atoms. The average molecular weight is 787 g/mol. The zero-order valence-corrected chi connectivity index (χ0v) is 33.1. The Kier molecular flexibility index (Phi) is 12.4. The number of benzene rings is 3. The van der Waals surface area contributed by atoms with Gasteiger partial charge in [0.05, 0.1) is 46.3 Å². The first-order chi connectivity index (χ1) is 28.5. The van der Waals surface area contributed by atoms with Crippen molar-refractivity contribution in [3.8, 4) is 22.8 Å². The second-order valence-corrected chi connectivity index (χ2v) is 14.4. The molecule has 2 N–H and O–H groups in total. The molecule has 0 atom stereocenters. The van der Waals surface area contributed by atoms with E-state index < -0.39 is 0 Å². The highest BCUT2D eigenvalue weighted by Crippen LogP contribution is 2.36. The van der Waals surface area contributed by atoms with Gasteiger partial charge in [-0.2, -0.15) is 4.98 Å². The summed E-state index contributed by atoms with van der Waals surface area (Å²) in [4.78, 5) is 42.1. The normalized spacial score (nSPS) is 15.5. The minimum atomic E-state index is -0.247. The molecule has 0 saturated carbocycles. The Morgan fingerprint density at radius 3 is 1.93 bits per heavy atom. The van der Waals surface area contributed by atoms with Gasteiger partial charge in [0.2, 0.25) is 11.9 Å². The van der Waals surface area contributed by atoms with Crippen molar-refractivity contribution < 1.29 is 23.7 Å². The summed E-state index contributed by atoms with van der Waals surface area (Å²) < 4.78 is 21.9. The lowest BCUT2D eigenvalue weighted by Gasteiger charge is -2.28. The number of aromatic nitrogens is 4. The number of carbonyl (C=O) groups excluding carboxylic acids is 1. The molecule has 58 heavy (non-hydrogen) atoms. The lowest BCUT2D eigenvalue weighted by molar-refractivity contribution is 0.0398. The van der Waals surface area contributed by atoms with Gasteiger partial charge in [0.15, 0.2) is 0 Å². The third-order valence-corrected chi connectivity index (χ3v) is 10.6. The number of fused-ring (bicyclic) bond motifs is 1. The Hall–Kier alpha value is -6.03. The summed E-state index contributed by atoms with van der Waals surface area (Å²) in [6, 6.07) is 23.6. The van der Waals surface area contributed by atoms with Gasteiger partial charge in [-0.25, -0.2) is 19.7 Å².